The summed E-state index contributed by atoms with van der Waals surface area (Å²) in [4.78, 5) is 3.64. The third-order valence-electron chi connectivity index (χ3n) is 5.90. The Morgan fingerprint density at radius 2 is 1.83 bits per heavy atom. The Hall–Kier alpha value is -3.44. The highest BCUT2D eigenvalue weighted by Gasteiger charge is 2.27. The zero-order valence-corrected chi connectivity index (χ0v) is 16.5. The molecule has 0 bridgehead atoms. The average molecular weight is 398 g/mol. The molecule has 30 heavy (non-hydrogen) atoms. The largest absolute Gasteiger partial charge is 0.489 e. The van der Waals surface area contributed by atoms with Gasteiger partial charge in [0.25, 0.3) is 0 Å². The van der Waals surface area contributed by atoms with Crippen LogP contribution in [-0.4, -0.2) is 18.3 Å². The van der Waals surface area contributed by atoms with Gasteiger partial charge in [0.1, 0.15) is 12.4 Å². The molecule has 0 aliphatic carbocycles. The van der Waals surface area contributed by atoms with Crippen molar-refractivity contribution in [3.05, 3.63) is 89.1 Å². The number of fused-ring (bicyclic) bond motifs is 4. The zero-order chi connectivity index (χ0) is 19.9. The maximum Gasteiger partial charge on any atom is 0.231 e. The van der Waals surface area contributed by atoms with Crippen molar-refractivity contribution >= 4 is 10.9 Å². The van der Waals surface area contributed by atoms with E-state index in [0.717, 1.165) is 35.7 Å². The fourth-order valence-electron chi connectivity index (χ4n) is 4.41. The second-order valence-electron chi connectivity index (χ2n) is 7.75. The zero-order valence-electron chi connectivity index (χ0n) is 16.5. The molecule has 6 rings (SSSR count). The number of hydrogen-bond acceptors (Lipinski definition) is 4. The summed E-state index contributed by atoms with van der Waals surface area (Å²) in [7, 11) is 0. The molecule has 1 unspecified atom stereocenters. The molecule has 0 saturated heterocycles. The Labute approximate surface area is 174 Å². The Balaban J connectivity index is 1.33. The summed E-state index contributed by atoms with van der Waals surface area (Å²) < 4.78 is 17.1. The van der Waals surface area contributed by atoms with Crippen molar-refractivity contribution < 1.29 is 14.2 Å². The normalized spacial score (nSPS) is 17.1. The molecule has 0 saturated carbocycles. The number of aromatic amines is 1. The van der Waals surface area contributed by atoms with E-state index in [1.165, 1.54) is 27.8 Å². The fourth-order valence-corrected chi connectivity index (χ4v) is 4.41. The summed E-state index contributed by atoms with van der Waals surface area (Å²) in [5.41, 5.74) is 6.06. The monoisotopic (exact) mass is 398 g/mol. The van der Waals surface area contributed by atoms with Gasteiger partial charge < -0.3 is 24.5 Å². The summed E-state index contributed by atoms with van der Waals surface area (Å²) in [6.45, 7) is 1.79. The molecule has 1 aromatic heterocycles. The van der Waals surface area contributed by atoms with Gasteiger partial charge >= 0.3 is 0 Å². The Bertz CT molecular complexity index is 1220. The lowest BCUT2D eigenvalue weighted by Gasteiger charge is -2.25. The standard InChI is InChI=1S/C25H22N2O3/c1-2-4-16(5-3-1)14-28-18-7-8-21-20(13-18)19-10-11-26-24(25(19)27-21)17-6-9-22-23(12-17)30-15-29-22/h1-9,12-13,24,26-27H,10-11,14-15H2. The minimum Gasteiger partial charge on any atom is -0.489 e. The first-order valence-corrected chi connectivity index (χ1v) is 10.3. The summed E-state index contributed by atoms with van der Waals surface area (Å²) in [6, 6.07) is 22.9. The minimum atomic E-state index is 0.101. The van der Waals surface area contributed by atoms with Crippen LogP contribution < -0.4 is 19.5 Å². The van der Waals surface area contributed by atoms with E-state index in [2.05, 4.69) is 46.7 Å². The molecule has 0 amide bonds. The maximum atomic E-state index is 6.06. The van der Waals surface area contributed by atoms with Gasteiger partial charge in [-0.1, -0.05) is 36.4 Å². The van der Waals surface area contributed by atoms with E-state index in [1.54, 1.807) is 0 Å². The van der Waals surface area contributed by atoms with Crippen LogP contribution in [-0.2, 0) is 13.0 Å². The molecule has 2 N–H and O–H groups in total. The lowest BCUT2D eigenvalue weighted by molar-refractivity contribution is 0.174. The molecule has 4 aromatic rings. The fraction of sp³-hybridized carbons (Fsp3) is 0.200. The number of hydrogen-bond donors (Lipinski definition) is 2. The van der Waals surface area contributed by atoms with Crippen LogP contribution >= 0.6 is 0 Å². The molecule has 2 aliphatic heterocycles. The van der Waals surface area contributed by atoms with Gasteiger partial charge in [0.15, 0.2) is 11.5 Å². The molecule has 5 heteroatoms. The molecular formula is C25H22N2O3. The van der Waals surface area contributed by atoms with Gasteiger partial charge in [-0.2, -0.15) is 0 Å². The molecule has 3 aromatic carbocycles. The van der Waals surface area contributed by atoms with Crippen LogP contribution in [0, 0.1) is 0 Å². The smallest absolute Gasteiger partial charge is 0.231 e. The van der Waals surface area contributed by atoms with E-state index < -0.39 is 0 Å². The van der Waals surface area contributed by atoms with Crippen LogP contribution in [0.1, 0.15) is 28.4 Å². The Kier molecular flexibility index (Phi) is 4.13. The van der Waals surface area contributed by atoms with Crippen molar-refractivity contribution in [1.29, 1.82) is 0 Å². The van der Waals surface area contributed by atoms with Crippen LogP contribution in [0.2, 0.25) is 0 Å². The number of benzene rings is 3. The van der Waals surface area contributed by atoms with E-state index in [0.29, 0.717) is 13.4 Å². The number of H-pyrrole nitrogens is 1. The third-order valence-corrected chi connectivity index (χ3v) is 5.90. The second-order valence-corrected chi connectivity index (χ2v) is 7.75. The van der Waals surface area contributed by atoms with E-state index in [9.17, 15) is 0 Å². The van der Waals surface area contributed by atoms with E-state index in [-0.39, 0.29) is 6.04 Å². The van der Waals surface area contributed by atoms with E-state index in [4.69, 9.17) is 14.2 Å². The summed E-state index contributed by atoms with van der Waals surface area (Å²) >= 11 is 0. The lowest BCUT2D eigenvalue weighted by Crippen LogP contribution is -2.30. The van der Waals surface area contributed by atoms with Crippen molar-refractivity contribution in [1.82, 2.24) is 10.3 Å². The van der Waals surface area contributed by atoms with Crippen molar-refractivity contribution in [3.8, 4) is 17.2 Å². The van der Waals surface area contributed by atoms with Crippen LogP contribution in [0.5, 0.6) is 17.2 Å². The SMILES string of the molecule is c1ccc(COc2ccc3[nH]c4c(c3c2)CCNC4c2ccc3c(c2)OCO3)cc1. The first kappa shape index (κ1) is 17.4. The Morgan fingerprint density at radius 1 is 0.933 bits per heavy atom. The van der Waals surface area contributed by atoms with Gasteiger partial charge in [0, 0.05) is 23.1 Å². The minimum absolute atomic E-state index is 0.101. The molecule has 2 aliphatic rings. The first-order valence-electron chi connectivity index (χ1n) is 10.3. The summed E-state index contributed by atoms with van der Waals surface area (Å²) in [5.74, 6) is 2.52. The number of nitrogens with one attached hydrogen (secondary N) is 2. The number of ether oxygens (including phenoxy) is 3. The van der Waals surface area contributed by atoms with Crippen LogP contribution in [0.3, 0.4) is 0 Å². The molecule has 0 radical (unpaired) electrons. The highest BCUT2D eigenvalue weighted by Crippen LogP contribution is 2.39. The second kappa shape index (κ2) is 7.11. The molecule has 0 fully saturated rings. The molecule has 3 heterocycles. The van der Waals surface area contributed by atoms with Gasteiger partial charge in [0.2, 0.25) is 6.79 Å². The topological polar surface area (TPSA) is 55.5 Å². The van der Waals surface area contributed by atoms with Crippen molar-refractivity contribution in [2.45, 2.75) is 19.1 Å². The molecule has 150 valence electrons. The lowest BCUT2D eigenvalue weighted by atomic mass is 9.94. The molecule has 1 atom stereocenters. The van der Waals surface area contributed by atoms with Crippen molar-refractivity contribution in [2.24, 2.45) is 0 Å². The van der Waals surface area contributed by atoms with Crippen LogP contribution in [0.4, 0.5) is 0 Å². The third kappa shape index (κ3) is 2.99. The average Bonchev–Trinajstić information content (AvgIpc) is 3.42. The highest BCUT2D eigenvalue weighted by molar-refractivity contribution is 5.86. The van der Waals surface area contributed by atoms with Gasteiger partial charge in [0.05, 0.1) is 6.04 Å². The van der Waals surface area contributed by atoms with Gasteiger partial charge in [-0.15, -0.1) is 0 Å². The predicted octanol–water partition coefficient (Wildman–Crippen LogP) is 4.71. The quantitative estimate of drug-likeness (QED) is 0.523. The van der Waals surface area contributed by atoms with Gasteiger partial charge in [-0.25, -0.2) is 0 Å². The molecule has 0 spiro atoms. The number of aromatic nitrogens is 1. The summed E-state index contributed by atoms with van der Waals surface area (Å²) in [5, 5.41) is 4.88. The number of rotatable bonds is 4. The maximum absolute atomic E-state index is 6.06. The van der Waals surface area contributed by atoms with Crippen molar-refractivity contribution in [2.75, 3.05) is 13.3 Å². The molecular weight excluding hydrogens is 376 g/mol. The van der Waals surface area contributed by atoms with Crippen molar-refractivity contribution in [3.63, 3.8) is 0 Å². The van der Waals surface area contributed by atoms with Gasteiger partial charge in [-0.3, -0.25) is 0 Å². The van der Waals surface area contributed by atoms with E-state index in [1.807, 2.05) is 30.3 Å². The summed E-state index contributed by atoms with van der Waals surface area (Å²) in [6.07, 6.45) is 0.985. The Morgan fingerprint density at radius 3 is 2.77 bits per heavy atom. The van der Waals surface area contributed by atoms with Crippen LogP contribution in [0.15, 0.2) is 66.7 Å². The molecule has 5 nitrogen and oxygen atoms in total. The van der Waals surface area contributed by atoms with E-state index >= 15 is 0 Å². The van der Waals surface area contributed by atoms with Crippen LogP contribution in [0.25, 0.3) is 10.9 Å². The highest BCUT2D eigenvalue weighted by atomic mass is 16.7. The first-order chi connectivity index (χ1) is 14.8. The van der Waals surface area contributed by atoms with Gasteiger partial charge in [-0.05, 0) is 53.4 Å². The predicted molar refractivity (Wildman–Crippen MR) is 115 cm³/mol.